The second-order valence-electron chi connectivity index (χ2n) is 5.72. The van der Waals surface area contributed by atoms with Crippen LogP contribution >= 0.6 is 0 Å². The van der Waals surface area contributed by atoms with E-state index in [9.17, 15) is 22.4 Å². The third-order valence-corrected chi connectivity index (χ3v) is 5.49. The molecule has 2 aromatic rings. The van der Waals surface area contributed by atoms with E-state index in [1.54, 1.807) is 19.1 Å². The minimum Gasteiger partial charge on any atom is -0.462 e. The number of benzene rings is 2. The molecule has 0 saturated heterocycles. The Kier molecular flexibility index (Phi) is 7.06. The predicted molar refractivity (Wildman–Crippen MR) is 98.7 cm³/mol. The highest BCUT2D eigenvalue weighted by Crippen LogP contribution is 2.15. The van der Waals surface area contributed by atoms with Crippen LogP contribution in [0, 0.1) is 5.82 Å². The second-order valence-corrected chi connectivity index (χ2v) is 7.83. The molecule has 0 aliphatic rings. The number of nitrogens with one attached hydrogen (secondary N) is 1. The molecular weight excluding hydrogens is 373 g/mol. The van der Waals surface area contributed by atoms with Crippen LogP contribution < -0.4 is 5.32 Å². The Morgan fingerprint density at radius 3 is 2.26 bits per heavy atom. The van der Waals surface area contributed by atoms with Crippen LogP contribution in [0.4, 0.5) is 10.1 Å². The third-order valence-electron chi connectivity index (χ3n) is 3.67. The van der Waals surface area contributed by atoms with E-state index >= 15 is 0 Å². The number of anilines is 1. The van der Waals surface area contributed by atoms with Crippen molar-refractivity contribution in [3.63, 3.8) is 0 Å². The van der Waals surface area contributed by atoms with Crippen LogP contribution in [0.25, 0.3) is 0 Å². The van der Waals surface area contributed by atoms with Gasteiger partial charge >= 0.3 is 5.97 Å². The number of esters is 1. The summed E-state index contributed by atoms with van der Waals surface area (Å²) < 4.78 is 42.0. The van der Waals surface area contributed by atoms with Gasteiger partial charge in [0.05, 0.1) is 22.8 Å². The van der Waals surface area contributed by atoms with E-state index in [0.717, 1.165) is 12.1 Å². The summed E-state index contributed by atoms with van der Waals surface area (Å²) in [5.41, 5.74) is 0.870. The molecule has 0 atom stereocenters. The van der Waals surface area contributed by atoms with Crippen molar-refractivity contribution in [2.45, 2.75) is 24.7 Å². The Morgan fingerprint density at radius 1 is 1.04 bits per heavy atom. The van der Waals surface area contributed by atoms with E-state index in [-0.39, 0.29) is 36.0 Å². The van der Waals surface area contributed by atoms with Gasteiger partial charge in [-0.05, 0) is 61.9 Å². The van der Waals surface area contributed by atoms with Crippen molar-refractivity contribution in [2.75, 3.05) is 17.7 Å². The number of carbonyl (C=O) groups excluding carboxylic acids is 2. The first kappa shape index (κ1) is 20.6. The summed E-state index contributed by atoms with van der Waals surface area (Å²) in [6, 6.07) is 10.8. The molecule has 0 aromatic heterocycles. The topological polar surface area (TPSA) is 89.5 Å². The Balaban J connectivity index is 1.84. The molecule has 0 saturated carbocycles. The molecule has 1 N–H and O–H groups in total. The highest BCUT2D eigenvalue weighted by molar-refractivity contribution is 7.91. The highest BCUT2D eigenvalue weighted by Gasteiger charge is 2.15. The van der Waals surface area contributed by atoms with E-state index in [2.05, 4.69) is 5.32 Å². The lowest BCUT2D eigenvalue weighted by molar-refractivity contribution is -0.116. The van der Waals surface area contributed by atoms with E-state index in [1.807, 2.05) is 0 Å². The largest absolute Gasteiger partial charge is 0.462 e. The minimum atomic E-state index is -3.56. The zero-order chi connectivity index (χ0) is 19.9. The molecule has 0 aliphatic heterocycles. The van der Waals surface area contributed by atoms with Gasteiger partial charge in [-0.2, -0.15) is 0 Å². The van der Waals surface area contributed by atoms with Crippen LogP contribution in [0.2, 0.25) is 0 Å². The maximum atomic E-state index is 12.9. The number of hydrogen-bond acceptors (Lipinski definition) is 5. The zero-order valence-electron chi connectivity index (χ0n) is 14.8. The summed E-state index contributed by atoms with van der Waals surface area (Å²) in [5, 5.41) is 2.64. The fourth-order valence-corrected chi connectivity index (χ4v) is 3.62. The van der Waals surface area contributed by atoms with E-state index in [4.69, 9.17) is 4.74 Å². The summed E-state index contributed by atoms with van der Waals surface area (Å²) >= 11 is 0. The van der Waals surface area contributed by atoms with Gasteiger partial charge in [-0.25, -0.2) is 17.6 Å². The molecule has 0 aliphatic carbocycles. The summed E-state index contributed by atoms with van der Waals surface area (Å²) in [4.78, 5) is 23.5. The number of hydrogen-bond donors (Lipinski definition) is 1. The number of carbonyl (C=O) groups is 2. The number of rotatable bonds is 8. The van der Waals surface area contributed by atoms with Crippen LogP contribution in [0.1, 0.15) is 30.1 Å². The molecule has 2 rings (SSSR count). The van der Waals surface area contributed by atoms with Crippen molar-refractivity contribution in [2.24, 2.45) is 0 Å². The SMILES string of the molecule is CCOC(=O)c1ccc(NC(=O)CCCS(=O)(=O)c2ccc(F)cc2)cc1. The standard InChI is InChI=1S/C19H20FNO5S/c1-2-26-19(23)14-5-9-16(10-6-14)21-18(22)4-3-13-27(24,25)17-11-7-15(20)8-12-17/h5-12H,2-4,13H2,1H3,(H,21,22). The lowest BCUT2D eigenvalue weighted by Gasteiger charge is -2.07. The Bertz CT molecular complexity index is 893. The molecule has 27 heavy (non-hydrogen) atoms. The molecule has 144 valence electrons. The lowest BCUT2D eigenvalue weighted by atomic mass is 10.2. The highest BCUT2D eigenvalue weighted by atomic mass is 32.2. The molecule has 8 heteroatoms. The van der Waals surface area contributed by atoms with Crippen LogP contribution in [0.5, 0.6) is 0 Å². The average Bonchev–Trinajstić information content (AvgIpc) is 2.62. The lowest BCUT2D eigenvalue weighted by Crippen LogP contribution is -2.14. The first-order valence-corrected chi connectivity index (χ1v) is 10.0. The fourth-order valence-electron chi connectivity index (χ4n) is 2.31. The number of ether oxygens (including phenoxy) is 1. The first-order valence-electron chi connectivity index (χ1n) is 8.37. The molecule has 0 fully saturated rings. The van der Waals surface area contributed by atoms with Crippen molar-refractivity contribution in [3.05, 3.63) is 59.9 Å². The van der Waals surface area contributed by atoms with Crippen molar-refractivity contribution >= 4 is 27.4 Å². The molecule has 6 nitrogen and oxygen atoms in total. The molecule has 1 amide bonds. The summed E-state index contributed by atoms with van der Waals surface area (Å²) in [5.74, 6) is -1.51. The zero-order valence-corrected chi connectivity index (χ0v) is 15.6. The van der Waals surface area contributed by atoms with Crippen LogP contribution in [-0.4, -0.2) is 32.7 Å². The van der Waals surface area contributed by atoms with Gasteiger partial charge in [0.25, 0.3) is 0 Å². The van der Waals surface area contributed by atoms with Gasteiger partial charge in [-0.15, -0.1) is 0 Å². The van der Waals surface area contributed by atoms with Crippen LogP contribution in [-0.2, 0) is 19.4 Å². The number of amides is 1. The Labute approximate surface area is 157 Å². The quantitative estimate of drug-likeness (QED) is 0.550. The molecule has 0 heterocycles. The van der Waals surface area contributed by atoms with Crippen molar-refractivity contribution in [1.82, 2.24) is 0 Å². The van der Waals surface area contributed by atoms with Crippen molar-refractivity contribution < 1.29 is 27.1 Å². The number of halogens is 1. The Hall–Kier alpha value is -2.74. The summed E-state index contributed by atoms with van der Waals surface area (Å²) in [6.07, 6.45) is 0.145. The molecule has 0 radical (unpaired) electrons. The van der Waals surface area contributed by atoms with Crippen molar-refractivity contribution in [3.8, 4) is 0 Å². The van der Waals surface area contributed by atoms with Gasteiger partial charge in [0, 0.05) is 12.1 Å². The van der Waals surface area contributed by atoms with Gasteiger partial charge in [0.15, 0.2) is 9.84 Å². The van der Waals surface area contributed by atoms with E-state index in [0.29, 0.717) is 11.3 Å². The van der Waals surface area contributed by atoms with Crippen molar-refractivity contribution in [1.29, 1.82) is 0 Å². The fraction of sp³-hybridized carbons (Fsp3) is 0.263. The van der Waals surface area contributed by atoms with Gasteiger partial charge in [-0.3, -0.25) is 4.79 Å². The average molecular weight is 393 g/mol. The Morgan fingerprint density at radius 2 is 1.67 bits per heavy atom. The molecule has 0 unspecified atom stereocenters. The van der Waals surface area contributed by atoms with Gasteiger partial charge in [-0.1, -0.05) is 0 Å². The second kappa shape index (κ2) is 9.27. The molecular formula is C19H20FNO5S. The van der Waals surface area contributed by atoms with E-state index in [1.165, 1.54) is 24.3 Å². The van der Waals surface area contributed by atoms with Crippen LogP contribution in [0.3, 0.4) is 0 Å². The first-order chi connectivity index (χ1) is 12.8. The minimum absolute atomic E-state index is 0.0139. The molecule has 0 bridgehead atoms. The molecule has 2 aromatic carbocycles. The maximum absolute atomic E-state index is 12.9. The smallest absolute Gasteiger partial charge is 0.338 e. The number of sulfone groups is 1. The summed E-state index contributed by atoms with van der Waals surface area (Å²) in [6.45, 7) is 1.99. The van der Waals surface area contributed by atoms with Crippen LogP contribution in [0.15, 0.2) is 53.4 Å². The van der Waals surface area contributed by atoms with Gasteiger partial charge < -0.3 is 10.1 Å². The monoisotopic (exact) mass is 393 g/mol. The normalized spacial score (nSPS) is 11.0. The third kappa shape index (κ3) is 6.18. The van der Waals surface area contributed by atoms with Gasteiger partial charge in [0.1, 0.15) is 5.82 Å². The predicted octanol–water partition coefficient (Wildman–Crippen LogP) is 3.20. The maximum Gasteiger partial charge on any atom is 0.338 e. The van der Waals surface area contributed by atoms with Gasteiger partial charge in [0.2, 0.25) is 5.91 Å². The van der Waals surface area contributed by atoms with E-state index < -0.39 is 21.6 Å². The summed E-state index contributed by atoms with van der Waals surface area (Å²) in [7, 11) is -3.56. The molecule has 0 spiro atoms.